The summed E-state index contributed by atoms with van der Waals surface area (Å²) < 4.78 is 9.22. The van der Waals surface area contributed by atoms with Crippen molar-refractivity contribution in [3.8, 4) is 0 Å². The van der Waals surface area contributed by atoms with E-state index >= 15 is 0 Å². The highest BCUT2D eigenvalue weighted by atomic mass is 28.3. The standard InChI is InChI=1S/C9H10.C2H8O2Si/c1-3-9-7-5-4-6-8(9)2;1-3-5-4-2/h3-7H,1H2,2H3;5H2,1-2H3. The Balaban J connectivity index is 0.000000292. The molecular weight excluding hydrogens is 192 g/mol. The Morgan fingerprint density at radius 3 is 2.07 bits per heavy atom. The molecule has 0 fully saturated rings. The van der Waals surface area contributed by atoms with Crippen molar-refractivity contribution in [2.75, 3.05) is 14.2 Å². The number of rotatable bonds is 3. The van der Waals surface area contributed by atoms with Gasteiger partial charge in [-0.05, 0) is 18.1 Å². The van der Waals surface area contributed by atoms with Crippen LogP contribution in [0.1, 0.15) is 11.1 Å². The van der Waals surface area contributed by atoms with Crippen LogP contribution >= 0.6 is 0 Å². The second-order valence-electron chi connectivity index (χ2n) is 2.76. The minimum absolute atomic E-state index is 0.568. The largest absolute Gasteiger partial charge is 0.402 e. The SMILES string of the molecule is C=Cc1ccccc1C.CO[SiH2]OC. The van der Waals surface area contributed by atoms with E-state index in [0.29, 0.717) is 0 Å². The number of benzene rings is 1. The first-order chi connectivity index (χ1) is 6.76. The van der Waals surface area contributed by atoms with Gasteiger partial charge in [-0.3, -0.25) is 0 Å². The molecule has 0 aromatic heterocycles. The third-order valence-corrected chi connectivity index (χ3v) is 2.12. The predicted molar refractivity (Wildman–Crippen MR) is 63.8 cm³/mol. The number of hydrogen-bond donors (Lipinski definition) is 0. The Labute approximate surface area is 88.6 Å². The highest BCUT2D eigenvalue weighted by molar-refractivity contribution is 6.17. The minimum Gasteiger partial charge on any atom is -0.402 e. The molecule has 3 heteroatoms. The van der Waals surface area contributed by atoms with Crippen LogP contribution in [0.3, 0.4) is 0 Å². The molecule has 0 aliphatic carbocycles. The maximum absolute atomic E-state index is 4.61. The quantitative estimate of drug-likeness (QED) is 0.710. The van der Waals surface area contributed by atoms with Gasteiger partial charge < -0.3 is 8.85 Å². The second kappa shape index (κ2) is 8.68. The molecule has 0 aliphatic rings. The lowest BCUT2D eigenvalue weighted by Crippen LogP contribution is -1.93. The zero-order chi connectivity index (χ0) is 10.8. The predicted octanol–water partition coefficient (Wildman–Crippen LogP) is 1.92. The second-order valence-corrected chi connectivity index (χ2v) is 4.15. The van der Waals surface area contributed by atoms with Gasteiger partial charge in [0.15, 0.2) is 0 Å². The fourth-order valence-electron chi connectivity index (χ4n) is 0.934. The fourth-order valence-corrected chi connectivity index (χ4v) is 1.17. The maximum atomic E-state index is 4.61. The van der Waals surface area contributed by atoms with Crippen molar-refractivity contribution >= 4 is 16.1 Å². The lowest BCUT2D eigenvalue weighted by atomic mass is 10.1. The first-order valence-corrected chi connectivity index (χ1v) is 5.57. The smallest absolute Gasteiger partial charge is 0.303 e. The molecule has 0 unspecified atom stereocenters. The van der Waals surface area contributed by atoms with Gasteiger partial charge in [-0.15, -0.1) is 0 Å². The summed E-state index contributed by atoms with van der Waals surface area (Å²) >= 11 is 0. The average molecular weight is 210 g/mol. The summed E-state index contributed by atoms with van der Waals surface area (Å²) in [5.74, 6) is 0. The van der Waals surface area contributed by atoms with Crippen LogP contribution in [0.25, 0.3) is 6.08 Å². The van der Waals surface area contributed by atoms with Crippen LogP contribution in [-0.4, -0.2) is 24.2 Å². The minimum atomic E-state index is -0.568. The molecule has 78 valence electrons. The highest BCUT2D eigenvalue weighted by Crippen LogP contribution is 2.06. The van der Waals surface area contributed by atoms with Crippen LogP contribution in [0, 0.1) is 6.92 Å². The van der Waals surface area contributed by atoms with Gasteiger partial charge in [0, 0.05) is 14.2 Å². The van der Waals surface area contributed by atoms with E-state index in [1.165, 1.54) is 11.1 Å². The van der Waals surface area contributed by atoms with E-state index in [1.54, 1.807) is 14.2 Å². The molecule has 0 aliphatic heterocycles. The molecule has 0 heterocycles. The Morgan fingerprint density at radius 1 is 1.21 bits per heavy atom. The topological polar surface area (TPSA) is 18.5 Å². The van der Waals surface area contributed by atoms with Crippen LogP contribution in [0.5, 0.6) is 0 Å². The third kappa shape index (κ3) is 5.69. The lowest BCUT2D eigenvalue weighted by Gasteiger charge is -1.95. The van der Waals surface area contributed by atoms with Crippen molar-refractivity contribution < 1.29 is 8.85 Å². The molecule has 14 heavy (non-hydrogen) atoms. The Kier molecular flexibility index (Phi) is 8.12. The monoisotopic (exact) mass is 210 g/mol. The van der Waals surface area contributed by atoms with Crippen molar-refractivity contribution in [1.82, 2.24) is 0 Å². The van der Waals surface area contributed by atoms with E-state index in [-0.39, 0.29) is 0 Å². The zero-order valence-electron chi connectivity index (χ0n) is 9.12. The van der Waals surface area contributed by atoms with Crippen molar-refractivity contribution in [1.29, 1.82) is 0 Å². The number of hydrogen-bond acceptors (Lipinski definition) is 2. The summed E-state index contributed by atoms with van der Waals surface area (Å²) in [4.78, 5) is 0. The molecule has 0 saturated heterocycles. The first kappa shape index (κ1) is 13.1. The van der Waals surface area contributed by atoms with E-state index in [4.69, 9.17) is 0 Å². The van der Waals surface area contributed by atoms with Gasteiger partial charge in [-0.1, -0.05) is 36.9 Å². The summed E-state index contributed by atoms with van der Waals surface area (Å²) in [7, 11) is 2.73. The van der Waals surface area contributed by atoms with Gasteiger partial charge in [0.1, 0.15) is 0 Å². The van der Waals surface area contributed by atoms with Gasteiger partial charge in [-0.2, -0.15) is 0 Å². The maximum Gasteiger partial charge on any atom is 0.303 e. The van der Waals surface area contributed by atoms with Gasteiger partial charge in [0.2, 0.25) is 0 Å². The van der Waals surface area contributed by atoms with E-state index < -0.39 is 10.0 Å². The van der Waals surface area contributed by atoms with E-state index in [0.717, 1.165) is 0 Å². The van der Waals surface area contributed by atoms with Crippen LogP contribution in [0.2, 0.25) is 0 Å². The molecule has 0 atom stereocenters. The Bertz CT molecular complexity index is 259. The molecule has 0 N–H and O–H groups in total. The van der Waals surface area contributed by atoms with Gasteiger partial charge in [-0.25, -0.2) is 0 Å². The summed E-state index contributed by atoms with van der Waals surface area (Å²) in [6.45, 7) is 5.77. The molecule has 1 aromatic rings. The van der Waals surface area contributed by atoms with E-state index in [9.17, 15) is 0 Å². The summed E-state index contributed by atoms with van der Waals surface area (Å²) in [6, 6.07) is 8.19. The molecule has 1 rings (SSSR count). The molecular formula is C11H18O2Si. The fraction of sp³-hybridized carbons (Fsp3) is 0.273. The highest BCUT2D eigenvalue weighted by Gasteiger charge is 1.86. The van der Waals surface area contributed by atoms with Crippen LogP contribution in [0.4, 0.5) is 0 Å². The average Bonchev–Trinajstić information content (AvgIpc) is 2.21. The third-order valence-electron chi connectivity index (χ3n) is 1.64. The van der Waals surface area contributed by atoms with E-state index in [2.05, 4.69) is 34.5 Å². The van der Waals surface area contributed by atoms with E-state index in [1.807, 2.05) is 18.2 Å². The Hall–Kier alpha value is -0.903. The molecule has 1 aromatic carbocycles. The van der Waals surface area contributed by atoms with Crippen molar-refractivity contribution in [2.24, 2.45) is 0 Å². The van der Waals surface area contributed by atoms with Gasteiger partial charge in [0.05, 0.1) is 0 Å². The van der Waals surface area contributed by atoms with Crippen molar-refractivity contribution in [2.45, 2.75) is 6.92 Å². The van der Waals surface area contributed by atoms with Crippen LogP contribution < -0.4 is 0 Å². The van der Waals surface area contributed by atoms with Crippen LogP contribution in [-0.2, 0) is 8.85 Å². The van der Waals surface area contributed by atoms with Crippen LogP contribution in [0.15, 0.2) is 30.8 Å². The molecule has 0 spiro atoms. The number of aryl methyl sites for hydroxylation is 1. The van der Waals surface area contributed by atoms with Crippen molar-refractivity contribution in [3.63, 3.8) is 0 Å². The molecule has 0 radical (unpaired) electrons. The van der Waals surface area contributed by atoms with Crippen molar-refractivity contribution in [3.05, 3.63) is 42.0 Å². The summed E-state index contributed by atoms with van der Waals surface area (Å²) in [5.41, 5.74) is 2.50. The molecule has 0 saturated carbocycles. The van der Waals surface area contributed by atoms with Gasteiger partial charge >= 0.3 is 10.0 Å². The molecule has 0 amide bonds. The normalized spacial score (nSPS) is 8.79. The molecule has 0 bridgehead atoms. The van der Waals surface area contributed by atoms with Gasteiger partial charge in [0.25, 0.3) is 0 Å². The Morgan fingerprint density at radius 2 is 1.79 bits per heavy atom. The lowest BCUT2D eigenvalue weighted by molar-refractivity contribution is 0.309. The molecule has 2 nitrogen and oxygen atoms in total. The summed E-state index contributed by atoms with van der Waals surface area (Å²) in [6.07, 6.45) is 1.87. The summed E-state index contributed by atoms with van der Waals surface area (Å²) in [5, 5.41) is 0. The first-order valence-electron chi connectivity index (χ1n) is 4.42. The zero-order valence-corrected chi connectivity index (χ0v) is 10.5.